The Morgan fingerprint density at radius 1 is 1.32 bits per heavy atom. The van der Waals surface area contributed by atoms with Gasteiger partial charge in [-0.2, -0.15) is 0 Å². The molecule has 2 rings (SSSR count). The monoisotopic (exact) mass is 281 g/mol. The van der Waals surface area contributed by atoms with Crippen LogP contribution in [0.1, 0.15) is 12.0 Å². The van der Waals surface area contributed by atoms with Crippen molar-refractivity contribution in [2.45, 2.75) is 18.9 Å². The van der Waals surface area contributed by atoms with Crippen LogP contribution in [-0.4, -0.2) is 40.3 Å². The largest absolute Gasteiger partial charge is 0.480 e. The second-order valence-electron chi connectivity index (χ2n) is 4.42. The number of nitrogens with zero attached hydrogens (tertiary/aromatic N) is 1. The molecule has 0 spiro atoms. The number of benzene rings is 1. The van der Waals surface area contributed by atoms with Crippen molar-refractivity contribution < 1.29 is 19.5 Å². The molecule has 6 heteroatoms. The fourth-order valence-corrected chi connectivity index (χ4v) is 2.19. The number of Topliss-reactive ketones (excluding diaryl/α,β-unsaturated/α-hetero) is 1. The summed E-state index contributed by atoms with van der Waals surface area (Å²) in [5.74, 6) is -1.78. The summed E-state index contributed by atoms with van der Waals surface area (Å²) >= 11 is 5.75. The number of carbonyl (C=O) groups excluding carboxylic acids is 2. The molecule has 19 heavy (non-hydrogen) atoms. The van der Waals surface area contributed by atoms with Gasteiger partial charge in [-0.25, -0.2) is 4.79 Å². The SMILES string of the molecule is O=C1CC(=O)N([C@@H](Cc2ccc(Cl)cc2)C(=O)O)C1. The van der Waals surface area contributed by atoms with Gasteiger partial charge in [-0.05, 0) is 17.7 Å². The zero-order chi connectivity index (χ0) is 14.0. The normalized spacial score (nSPS) is 16.8. The molecule has 100 valence electrons. The number of carboxylic acids is 1. The van der Waals surface area contributed by atoms with Crippen LogP contribution in [0.25, 0.3) is 0 Å². The first-order valence-electron chi connectivity index (χ1n) is 5.76. The Morgan fingerprint density at radius 3 is 2.42 bits per heavy atom. The third kappa shape index (κ3) is 3.12. The second-order valence-corrected chi connectivity index (χ2v) is 4.86. The van der Waals surface area contributed by atoms with E-state index in [-0.39, 0.29) is 25.2 Å². The van der Waals surface area contributed by atoms with Gasteiger partial charge in [-0.3, -0.25) is 9.59 Å². The molecule has 5 nitrogen and oxygen atoms in total. The van der Waals surface area contributed by atoms with Gasteiger partial charge in [0.05, 0.1) is 13.0 Å². The van der Waals surface area contributed by atoms with Gasteiger partial charge in [0.25, 0.3) is 0 Å². The van der Waals surface area contributed by atoms with Gasteiger partial charge < -0.3 is 10.0 Å². The number of carboxylic acid groups (broad SMARTS) is 1. The van der Waals surface area contributed by atoms with Crippen LogP contribution in [0.3, 0.4) is 0 Å². The number of carbonyl (C=O) groups is 3. The smallest absolute Gasteiger partial charge is 0.326 e. The van der Waals surface area contributed by atoms with Crippen LogP contribution in [0.15, 0.2) is 24.3 Å². The van der Waals surface area contributed by atoms with Crippen LogP contribution in [0.4, 0.5) is 0 Å². The highest BCUT2D eigenvalue weighted by Gasteiger charge is 2.36. The second kappa shape index (κ2) is 5.40. The molecule has 1 aromatic carbocycles. The van der Waals surface area contributed by atoms with Gasteiger partial charge in [0.15, 0.2) is 5.78 Å². The summed E-state index contributed by atoms with van der Waals surface area (Å²) in [6.45, 7) is -0.122. The minimum absolute atomic E-state index is 0.122. The molecule has 1 heterocycles. The Bertz CT molecular complexity index is 526. The summed E-state index contributed by atoms with van der Waals surface area (Å²) in [5, 5.41) is 9.78. The fourth-order valence-electron chi connectivity index (χ4n) is 2.06. The zero-order valence-electron chi connectivity index (χ0n) is 10.0. The Morgan fingerprint density at radius 2 is 1.95 bits per heavy atom. The predicted octanol–water partition coefficient (Wildman–Crippen LogP) is 1.14. The molecule has 1 saturated heterocycles. The molecule has 1 atom stereocenters. The maximum atomic E-state index is 11.6. The van der Waals surface area contributed by atoms with Gasteiger partial charge in [-0.1, -0.05) is 23.7 Å². The van der Waals surface area contributed by atoms with Crippen molar-refractivity contribution in [3.63, 3.8) is 0 Å². The average molecular weight is 282 g/mol. The summed E-state index contributed by atoms with van der Waals surface area (Å²) in [5.41, 5.74) is 0.754. The third-order valence-electron chi connectivity index (χ3n) is 3.02. The van der Waals surface area contributed by atoms with Crippen molar-refractivity contribution in [1.82, 2.24) is 4.90 Å². The summed E-state index contributed by atoms with van der Waals surface area (Å²) in [4.78, 5) is 35.2. The zero-order valence-corrected chi connectivity index (χ0v) is 10.8. The van der Waals surface area contributed by atoms with Gasteiger partial charge in [0.2, 0.25) is 5.91 Å². The number of amides is 1. The Labute approximate surface area is 114 Å². The standard InChI is InChI=1S/C13H12ClNO4/c14-9-3-1-8(2-4-9)5-11(13(18)19)15-7-10(16)6-12(15)17/h1-4,11H,5-7H2,(H,18,19)/t11-/m0/s1. The topological polar surface area (TPSA) is 74.7 Å². The fraction of sp³-hybridized carbons (Fsp3) is 0.308. The molecule has 0 unspecified atom stereocenters. The summed E-state index contributed by atoms with van der Waals surface area (Å²) < 4.78 is 0. The molecular formula is C13H12ClNO4. The molecule has 0 aromatic heterocycles. The maximum Gasteiger partial charge on any atom is 0.326 e. The van der Waals surface area contributed by atoms with E-state index in [9.17, 15) is 19.5 Å². The van der Waals surface area contributed by atoms with E-state index in [1.54, 1.807) is 24.3 Å². The van der Waals surface area contributed by atoms with E-state index in [1.807, 2.05) is 0 Å². The summed E-state index contributed by atoms with van der Waals surface area (Å²) in [7, 11) is 0. The first kappa shape index (κ1) is 13.5. The number of rotatable bonds is 4. The molecule has 0 aliphatic carbocycles. The van der Waals surface area contributed by atoms with Crippen molar-refractivity contribution in [3.05, 3.63) is 34.9 Å². The number of halogens is 1. The highest BCUT2D eigenvalue weighted by atomic mass is 35.5. The summed E-state index contributed by atoms with van der Waals surface area (Å²) in [6, 6.07) is 5.72. The van der Waals surface area contributed by atoms with E-state index in [0.717, 1.165) is 10.5 Å². The molecular weight excluding hydrogens is 270 g/mol. The van der Waals surface area contributed by atoms with Crippen molar-refractivity contribution in [2.24, 2.45) is 0 Å². The lowest BCUT2D eigenvalue weighted by atomic mass is 10.1. The van der Waals surface area contributed by atoms with Crippen molar-refractivity contribution in [1.29, 1.82) is 0 Å². The molecule has 0 saturated carbocycles. The van der Waals surface area contributed by atoms with Crippen molar-refractivity contribution in [2.75, 3.05) is 6.54 Å². The Hall–Kier alpha value is -1.88. The third-order valence-corrected chi connectivity index (χ3v) is 3.27. The van der Waals surface area contributed by atoms with Crippen LogP contribution in [-0.2, 0) is 20.8 Å². The molecule has 1 amide bonds. The van der Waals surface area contributed by atoms with E-state index in [2.05, 4.69) is 0 Å². The lowest BCUT2D eigenvalue weighted by Gasteiger charge is -2.23. The first-order valence-corrected chi connectivity index (χ1v) is 6.13. The number of likely N-dealkylation sites (tertiary alicyclic amines) is 1. The molecule has 1 N–H and O–H groups in total. The lowest BCUT2D eigenvalue weighted by molar-refractivity contribution is -0.148. The van der Waals surface area contributed by atoms with E-state index in [0.29, 0.717) is 5.02 Å². The molecule has 1 fully saturated rings. The van der Waals surface area contributed by atoms with Crippen LogP contribution in [0.2, 0.25) is 5.02 Å². The average Bonchev–Trinajstić information content (AvgIpc) is 2.67. The molecule has 1 aromatic rings. The van der Waals surface area contributed by atoms with Crippen LogP contribution < -0.4 is 0 Å². The Balaban J connectivity index is 2.17. The van der Waals surface area contributed by atoms with Crippen molar-refractivity contribution >= 4 is 29.3 Å². The Kier molecular flexibility index (Phi) is 3.85. The van der Waals surface area contributed by atoms with Crippen LogP contribution >= 0.6 is 11.6 Å². The van der Waals surface area contributed by atoms with E-state index in [1.165, 1.54) is 0 Å². The first-order chi connectivity index (χ1) is 8.97. The van der Waals surface area contributed by atoms with E-state index in [4.69, 9.17) is 11.6 Å². The quantitative estimate of drug-likeness (QED) is 0.840. The number of ketones is 1. The van der Waals surface area contributed by atoms with Gasteiger partial charge in [0, 0.05) is 11.4 Å². The van der Waals surface area contributed by atoms with Crippen molar-refractivity contribution in [3.8, 4) is 0 Å². The number of aliphatic carboxylic acids is 1. The molecule has 0 bridgehead atoms. The minimum Gasteiger partial charge on any atom is -0.480 e. The highest BCUT2D eigenvalue weighted by Crippen LogP contribution is 2.17. The summed E-state index contributed by atoms with van der Waals surface area (Å²) in [6.07, 6.45) is -0.0457. The minimum atomic E-state index is -1.11. The van der Waals surface area contributed by atoms with Gasteiger partial charge >= 0.3 is 5.97 Å². The number of hydrogen-bond acceptors (Lipinski definition) is 3. The number of hydrogen-bond donors (Lipinski definition) is 1. The van der Waals surface area contributed by atoms with E-state index >= 15 is 0 Å². The maximum absolute atomic E-state index is 11.6. The van der Waals surface area contributed by atoms with E-state index < -0.39 is 17.9 Å². The molecule has 1 aliphatic heterocycles. The predicted molar refractivity (Wildman–Crippen MR) is 67.9 cm³/mol. The van der Waals surface area contributed by atoms with Crippen LogP contribution in [0, 0.1) is 0 Å². The van der Waals surface area contributed by atoms with Crippen LogP contribution in [0.5, 0.6) is 0 Å². The molecule has 0 radical (unpaired) electrons. The lowest BCUT2D eigenvalue weighted by Crippen LogP contribution is -2.43. The molecule has 1 aliphatic rings. The highest BCUT2D eigenvalue weighted by molar-refractivity contribution is 6.30. The van der Waals surface area contributed by atoms with Gasteiger partial charge in [-0.15, -0.1) is 0 Å². The van der Waals surface area contributed by atoms with Gasteiger partial charge in [0.1, 0.15) is 6.04 Å².